The molecule has 7 heteroatoms. The van der Waals surface area contributed by atoms with E-state index >= 15 is 0 Å². The van der Waals surface area contributed by atoms with Gasteiger partial charge in [-0.3, -0.25) is 9.59 Å². The largest absolute Gasteiger partial charge is 0.465 e. The Morgan fingerprint density at radius 1 is 1.35 bits per heavy atom. The van der Waals surface area contributed by atoms with Crippen molar-refractivity contribution < 1.29 is 18.7 Å². The summed E-state index contributed by atoms with van der Waals surface area (Å²) in [5, 5.41) is 0. The zero-order valence-electron chi connectivity index (χ0n) is 13.5. The summed E-state index contributed by atoms with van der Waals surface area (Å²) in [4.78, 5) is 36.9. The summed E-state index contributed by atoms with van der Waals surface area (Å²) in [6.07, 6.45) is 1.54. The number of hydrogen-bond donors (Lipinski definition) is 0. The molecule has 0 saturated heterocycles. The van der Waals surface area contributed by atoms with Gasteiger partial charge in [-0.05, 0) is 19.1 Å². The van der Waals surface area contributed by atoms with Gasteiger partial charge in [-0.15, -0.1) is 0 Å². The Kier molecular flexibility index (Phi) is 4.68. The molecule has 0 radical (unpaired) electrons. The van der Waals surface area contributed by atoms with Crippen molar-refractivity contribution in [1.29, 1.82) is 0 Å². The van der Waals surface area contributed by atoms with E-state index in [9.17, 15) is 14.4 Å². The second-order valence-electron chi connectivity index (χ2n) is 5.20. The van der Waals surface area contributed by atoms with Gasteiger partial charge in [0.25, 0.3) is 11.5 Å². The van der Waals surface area contributed by atoms with Gasteiger partial charge in [-0.2, -0.15) is 0 Å². The lowest BCUT2D eigenvalue weighted by Crippen LogP contribution is -2.28. The van der Waals surface area contributed by atoms with Crippen molar-refractivity contribution in [3.63, 3.8) is 0 Å². The van der Waals surface area contributed by atoms with E-state index in [1.54, 1.807) is 33.2 Å². The highest BCUT2D eigenvalue weighted by atomic mass is 16.5. The van der Waals surface area contributed by atoms with E-state index in [-0.39, 0.29) is 18.0 Å². The molecule has 0 atom stereocenters. The van der Waals surface area contributed by atoms with Gasteiger partial charge >= 0.3 is 5.97 Å². The van der Waals surface area contributed by atoms with Gasteiger partial charge in [-0.25, -0.2) is 4.79 Å². The van der Waals surface area contributed by atoms with E-state index in [4.69, 9.17) is 4.42 Å². The Morgan fingerprint density at radius 2 is 2.04 bits per heavy atom. The molecule has 2 aromatic heterocycles. The fourth-order valence-corrected chi connectivity index (χ4v) is 2.14. The van der Waals surface area contributed by atoms with Gasteiger partial charge in [0, 0.05) is 31.9 Å². The molecule has 0 fully saturated rings. The molecule has 0 aliphatic rings. The number of carbonyl (C=O) groups is 2. The van der Waals surface area contributed by atoms with Crippen LogP contribution in [-0.4, -0.2) is 35.5 Å². The maximum absolute atomic E-state index is 12.3. The number of aryl methyl sites for hydroxylation is 2. The second kappa shape index (κ2) is 6.51. The van der Waals surface area contributed by atoms with E-state index in [1.807, 2.05) is 0 Å². The summed E-state index contributed by atoms with van der Waals surface area (Å²) in [7, 11) is 4.50. The van der Waals surface area contributed by atoms with Crippen molar-refractivity contribution in [2.45, 2.75) is 13.5 Å². The number of ether oxygens (including phenoxy) is 1. The van der Waals surface area contributed by atoms with E-state index < -0.39 is 5.97 Å². The van der Waals surface area contributed by atoms with Crippen molar-refractivity contribution in [1.82, 2.24) is 9.47 Å². The standard InChI is InChI=1S/C16H18N2O5/c1-10-13(16(21)22-4)8-12(23-10)9-18(3)15(20)11-5-6-17(2)14(19)7-11/h5-8H,9H2,1-4H3. The average Bonchev–Trinajstić information content (AvgIpc) is 2.88. The molecule has 0 unspecified atom stereocenters. The number of aromatic nitrogens is 1. The molecule has 122 valence electrons. The highest BCUT2D eigenvalue weighted by Gasteiger charge is 2.19. The summed E-state index contributed by atoms with van der Waals surface area (Å²) in [6, 6.07) is 4.41. The quantitative estimate of drug-likeness (QED) is 0.795. The molecule has 0 N–H and O–H groups in total. The monoisotopic (exact) mass is 318 g/mol. The average molecular weight is 318 g/mol. The van der Waals surface area contributed by atoms with Crippen LogP contribution in [0.5, 0.6) is 0 Å². The molecule has 0 aliphatic carbocycles. The first-order valence-electron chi connectivity index (χ1n) is 6.93. The Balaban J connectivity index is 2.16. The molecule has 7 nitrogen and oxygen atoms in total. The summed E-state index contributed by atoms with van der Waals surface area (Å²) >= 11 is 0. The van der Waals surface area contributed by atoms with E-state index in [0.29, 0.717) is 22.6 Å². The van der Waals surface area contributed by atoms with Crippen LogP contribution in [0.2, 0.25) is 0 Å². The summed E-state index contributed by atoms with van der Waals surface area (Å²) in [6.45, 7) is 1.82. The molecule has 1 amide bonds. The molecule has 2 heterocycles. The van der Waals surface area contributed by atoms with Crippen molar-refractivity contribution in [3.8, 4) is 0 Å². The fraction of sp³-hybridized carbons (Fsp3) is 0.312. The molecule has 0 spiro atoms. The zero-order valence-corrected chi connectivity index (χ0v) is 13.5. The SMILES string of the molecule is COC(=O)c1cc(CN(C)C(=O)c2ccn(C)c(=O)c2)oc1C. The summed E-state index contributed by atoms with van der Waals surface area (Å²) < 4.78 is 11.5. The van der Waals surface area contributed by atoms with Crippen LogP contribution in [0.15, 0.2) is 33.6 Å². The Labute approximate surface area is 133 Å². The molecule has 2 aromatic rings. The lowest BCUT2D eigenvalue weighted by Gasteiger charge is -2.15. The van der Waals surface area contributed by atoms with Gasteiger partial charge in [0.05, 0.1) is 13.7 Å². The first-order valence-corrected chi connectivity index (χ1v) is 6.93. The molecule has 2 rings (SSSR count). The Hall–Kier alpha value is -2.83. The Morgan fingerprint density at radius 3 is 2.65 bits per heavy atom. The van der Waals surface area contributed by atoms with Crippen LogP contribution in [0, 0.1) is 6.92 Å². The second-order valence-corrected chi connectivity index (χ2v) is 5.20. The molecular weight excluding hydrogens is 300 g/mol. The van der Waals surface area contributed by atoms with Crippen molar-refractivity contribution in [2.24, 2.45) is 7.05 Å². The predicted octanol–water partition coefficient (Wildman–Crippen LogP) is 1.35. The predicted molar refractivity (Wildman–Crippen MR) is 82.3 cm³/mol. The number of esters is 1. The smallest absolute Gasteiger partial charge is 0.341 e. The third kappa shape index (κ3) is 3.50. The lowest BCUT2D eigenvalue weighted by molar-refractivity contribution is 0.0598. The zero-order chi connectivity index (χ0) is 17.1. The number of nitrogens with zero attached hydrogens (tertiary/aromatic N) is 2. The third-order valence-electron chi connectivity index (χ3n) is 3.47. The van der Waals surface area contributed by atoms with Crippen LogP contribution in [0.1, 0.15) is 32.2 Å². The molecule has 0 aliphatic heterocycles. The Bertz CT molecular complexity index is 803. The van der Waals surface area contributed by atoms with Gasteiger partial charge in [0.15, 0.2) is 0 Å². The van der Waals surface area contributed by atoms with Crippen molar-refractivity contribution in [3.05, 3.63) is 57.4 Å². The van der Waals surface area contributed by atoms with Crippen LogP contribution in [0.3, 0.4) is 0 Å². The van der Waals surface area contributed by atoms with Crippen molar-refractivity contribution in [2.75, 3.05) is 14.2 Å². The molecule has 0 saturated carbocycles. The van der Waals surface area contributed by atoms with Crippen LogP contribution in [0.25, 0.3) is 0 Å². The number of methoxy groups -OCH3 is 1. The maximum Gasteiger partial charge on any atom is 0.341 e. The summed E-state index contributed by atoms with van der Waals surface area (Å²) in [5.41, 5.74) is 0.370. The minimum atomic E-state index is -0.488. The van der Waals surface area contributed by atoms with Crippen LogP contribution in [0.4, 0.5) is 0 Å². The van der Waals surface area contributed by atoms with E-state index in [1.165, 1.54) is 28.8 Å². The van der Waals surface area contributed by atoms with Gasteiger partial charge in [0.1, 0.15) is 17.1 Å². The number of amides is 1. The third-order valence-corrected chi connectivity index (χ3v) is 3.47. The number of pyridine rings is 1. The highest BCUT2D eigenvalue weighted by Crippen LogP contribution is 2.17. The summed E-state index contributed by atoms with van der Waals surface area (Å²) in [5.74, 6) is 0.0956. The number of furan rings is 1. The fourth-order valence-electron chi connectivity index (χ4n) is 2.14. The van der Waals surface area contributed by atoms with Crippen LogP contribution >= 0.6 is 0 Å². The first kappa shape index (κ1) is 16.5. The molecule has 23 heavy (non-hydrogen) atoms. The van der Waals surface area contributed by atoms with Gasteiger partial charge in [0.2, 0.25) is 0 Å². The van der Waals surface area contributed by atoms with E-state index in [2.05, 4.69) is 4.74 Å². The highest BCUT2D eigenvalue weighted by molar-refractivity contribution is 5.94. The maximum atomic E-state index is 12.3. The van der Waals surface area contributed by atoms with Crippen LogP contribution < -0.4 is 5.56 Å². The van der Waals surface area contributed by atoms with Crippen LogP contribution in [-0.2, 0) is 18.3 Å². The number of rotatable bonds is 4. The number of carbonyl (C=O) groups excluding carboxylic acids is 2. The normalized spacial score (nSPS) is 10.4. The lowest BCUT2D eigenvalue weighted by atomic mass is 10.2. The van der Waals surface area contributed by atoms with E-state index in [0.717, 1.165) is 0 Å². The van der Waals surface area contributed by atoms with Crippen molar-refractivity contribution >= 4 is 11.9 Å². The molecule has 0 bridgehead atoms. The minimum Gasteiger partial charge on any atom is -0.465 e. The first-order chi connectivity index (χ1) is 10.8. The minimum absolute atomic E-state index is 0.172. The number of hydrogen-bond acceptors (Lipinski definition) is 5. The molecular formula is C16H18N2O5. The van der Waals surface area contributed by atoms with Gasteiger partial charge in [-0.1, -0.05) is 0 Å². The topological polar surface area (TPSA) is 81.8 Å². The van der Waals surface area contributed by atoms with Gasteiger partial charge < -0.3 is 18.6 Å². The molecule has 0 aromatic carbocycles.